The molecule has 2 N–H and O–H groups in total. The van der Waals surface area contributed by atoms with Gasteiger partial charge in [0.2, 0.25) is 5.91 Å². The summed E-state index contributed by atoms with van der Waals surface area (Å²) < 4.78 is 0.943. The largest absolute Gasteiger partial charge is 0.481 e. The summed E-state index contributed by atoms with van der Waals surface area (Å²) in [6.07, 6.45) is 2.81. The molecule has 2 aliphatic rings. The van der Waals surface area contributed by atoms with Crippen molar-refractivity contribution in [1.29, 1.82) is 0 Å². The number of hydrogen-bond acceptors (Lipinski definition) is 2. The van der Waals surface area contributed by atoms with Crippen LogP contribution in [0.3, 0.4) is 0 Å². The van der Waals surface area contributed by atoms with Crippen LogP contribution >= 0.6 is 15.9 Å². The second kappa shape index (κ2) is 5.20. The first kappa shape index (κ1) is 13.6. The van der Waals surface area contributed by atoms with Crippen LogP contribution in [0.25, 0.3) is 0 Å². The molecule has 1 aromatic carbocycles. The third-order valence-electron chi connectivity index (χ3n) is 4.62. The van der Waals surface area contributed by atoms with Gasteiger partial charge in [-0.05, 0) is 55.4 Å². The number of rotatable bonds is 3. The van der Waals surface area contributed by atoms with Crippen LogP contribution in [0.1, 0.15) is 19.3 Å². The van der Waals surface area contributed by atoms with Crippen molar-refractivity contribution >= 4 is 33.5 Å². The van der Waals surface area contributed by atoms with Crippen molar-refractivity contribution in [2.45, 2.75) is 19.3 Å². The summed E-state index contributed by atoms with van der Waals surface area (Å²) in [7, 11) is 0. The summed E-state index contributed by atoms with van der Waals surface area (Å²) in [6.45, 7) is 0. The number of halogens is 1. The van der Waals surface area contributed by atoms with E-state index in [9.17, 15) is 14.7 Å². The van der Waals surface area contributed by atoms with E-state index in [1.54, 1.807) is 0 Å². The van der Waals surface area contributed by atoms with Gasteiger partial charge in [-0.2, -0.15) is 0 Å². The van der Waals surface area contributed by atoms with Gasteiger partial charge in [-0.3, -0.25) is 9.59 Å². The van der Waals surface area contributed by atoms with Gasteiger partial charge in [0.15, 0.2) is 0 Å². The van der Waals surface area contributed by atoms with Crippen LogP contribution < -0.4 is 5.32 Å². The quantitative estimate of drug-likeness (QED) is 0.890. The Balaban J connectivity index is 1.76. The standard InChI is InChI=1S/C15H16BrNO3/c16-10-3-5-11(6-4-10)17-14(18)12-8-1-2-9(7-8)13(12)15(19)20/h3-6,8-9,12-13H,1-2,7H2,(H,17,18)(H,19,20)/t8-,9-,12+,13-/m0/s1. The van der Waals surface area contributed by atoms with Crippen molar-refractivity contribution in [3.8, 4) is 0 Å². The molecule has 2 bridgehead atoms. The lowest BCUT2D eigenvalue weighted by Gasteiger charge is -2.27. The molecule has 3 rings (SSSR count). The van der Waals surface area contributed by atoms with Crippen LogP contribution in [-0.2, 0) is 9.59 Å². The van der Waals surface area contributed by atoms with Gasteiger partial charge in [-0.25, -0.2) is 0 Å². The molecule has 20 heavy (non-hydrogen) atoms. The normalized spacial score (nSPS) is 31.2. The molecule has 0 aromatic heterocycles. The maximum Gasteiger partial charge on any atom is 0.307 e. The van der Waals surface area contributed by atoms with Gasteiger partial charge < -0.3 is 10.4 Å². The number of hydrogen-bond donors (Lipinski definition) is 2. The number of carbonyl (C=O) groups is 2. The molecule has 0 heterocycles. The number of nitrogens with one attached hydrogen (secondary N) is 1. The Labute approximate surface area is 125 Å². The summed E-state index contributed by atoms with van der Waals surface area (Å²) >= 11 is 3.34. The molecule has 2 fully saturated rings. The molecule has 2 saturated carbocycles. The second-order valence-electron chi connectivity index (χ2n) is 5.72. The smallest absolute Gasteiger partial charge is 0.307 e. The number of anilines is 1. The van der Waals surface area contributed by atoms with E-state index in [-0.39, 0.29) is 23.7 Å². The molecule has 5 heteroatoms. The number of carboxylic acid groups (broad SMARTS) is 1. The molecule has 1 amide bonds. The summed E-state index contributed by atoms with van der Waals surface area (Å²) in [6, 6.07) is 7.33. The molecule has 4 atom stereocenters. The molecule has 4 nitrogen and oxygen atoms in total. The zero-order valence-corrected chi connectivity index (χ0v) is 12.5. The average molecular weight is 338 g/mol. The molecular weight excluding hydrogens is 322 g/mol. The second-order valence-corrected chi connectivity index (χ2v) is 6.63. The first-order valence-electron chi connectivity index (χ1n) is 6.85. The highest BCUT2D eigenvalue weighted by Gasteiger charge is 2.53. The predicted octanol–water partition coefficient (Wildman–Crippen LogP) is 3.13. The summed E-state index contributed by atoms with van der Waals surface area (Å²) in [5.41, 5.74) is 0.713. The maximum absolute atomic E-state index is 12.4. The van der Waals surface area contributed by atoms with Gasteiger partial charge in [0.25, 0.3) is 0 Å². The molecule has 0 saturated heterocycles. The van der Waals surface area contributed by atoms with Gasteiger partial charge in [-0.15, -0.1) is 0 Å². The van der Waals surface area contributed by atoms with E-state index in [0.717, 1.165) is 23.7 Å². The van der Waals surface area contributed by atoms with E-state index >= 15 is 0 Å². The fourth-order valence-corrected chi connectivity index (χ4v) is 4.05. The predicted molar refractivity (Wildman–Crippen MR) is 78.2 cm³/mol. The molecule has 1 aromatic rings. The summed E-state index contributed by atoms with van der Waals surface area (Å²) in [5.74, 6) is -1.45. The van der Waals surface area contributed by atoms with Gasteiger partial charge >= 0.3 is 5.97 Å². The van der Waals surface area contributed by atoms with Gasteiger partial charge in [0, 0.05) is 10.2 Å². The minimum absolute atomic E-state index is 0.146. The number of amides is 1. The van der Waals surface area contributed by atoms with Crippen molar-refractivity contribution in [2.24, 2.45) is 23.7 Å². The number of fused-ring (bicyclic) bond motifs is 2. The van der Waals surface area contributed by atoms with Crippen molar-refractivity contribution in [1.82, 2.24) is 0 Å². The highest BCUT2D eigenvalue weighted by molar-refractivity contribution is 9.10. The van der Waals surface area contributed by atoms with Crippen molar-refractivity contribution in [2.75, 3.05) is 5.32 Å². The van der Waals surface area contributed by atoms with E-state index in [4.69, 9.17) is 0 Å². The highest BCUT2D eigenvalue weighted by atomic mass is 79.9. The third kappa shape index (κ3) is 2.35. The van der Waals surface area contributed by atoms with Gasteiger partial charge in [-0.1, -0.05) is 15.9 Å². The number of carboxylic acids is 1. The lowest BCUT2D eigenvalue weighted by Crippen LogP contribution is -2.37. The van der Waals surface area contributed by atoms with Crippen LogP contribution in [0.5, 0.6) is 0 Å². The Morgan fingerprint density at radius 2 is 1.70 bits per heavy atom. The van der Waals surface area contributed by atoms with E-state index in [0.29, 0.717) is 5.69 Å². The van der Waals surface area contributed by atoms with Crippen molar-refractivity contribution in [3.63, 3.8) is 0 Å². The van der Waals surface area contributed by atoms with Crippen LogP contribution in [0.15, 0.2) is 28.7 Å². The van der Waals surface area contributed by atoms with Crippen LogP contribution in [0, 0.1) is 23.7 Å². The Hall–Kier alpha value is -1.36. The topological polar surface area (TPSA) is 66.4 Å². The van der Waals surface area contributed by atoms with Crippen LogP contribution in [-0.4, -0.2) is 17.0 Å². The molecule has 0 spiro atoms. The Morgan fingerprint density at radius 1 is 1.10 bits per heavy atom. The van der Waals surface area contributed by atoms with E-state index < -0.39 is 11.9 Å². The van der Waals surface area contributed by atoms with Gasteiger partial charge in [0.1, 0.15) is 0 Å². The number of carbonyl (C=O) groups excluding carboxylic acids is 1. The minimum atomic E-state index is -0.826. The number of benzene rings is 1. The van der Waals surface area contributed by atoms with Gasteiger partial charge in [0.05, 0.1) is 11.8 Å². The third-order valence-corrected chi connectivity index (χ3v) is 5.14. The fraction of sp³-hybridized carbons (Fsp3) is 0.467. The Morgan fingerprint density at radius 3 is 2.30 bits per heavy atom. The summed E-state index contributed by atoms with van der Waals surface area (Å²) in [4.78, 5) is 23.8. The molecule has 0 radical (unpaired) electrons. The lowest BCUT2D eigenvalue weighted by molar-refractivity contribution is -0.148. The minimum Gasteiger partial charge on any atom is -0.481 e. The fourth-order valence-electron chi connectivity index (χ4n) is 3.78. The van der Waals surface area contributed by atoms with E-state index in [2.05, 4.69) is 21.2 Å². The maximum atomic E-state index is 12.4. The van der Waals surface area contributed by atoms with Crippen molar-refractivity contribution in [3.05, 3.63) is 28.7 Å². The Bertz CT molecular complexity index is 543. The molecular formula is C15H16BrNO3. The zero-order chi connectivity index (χ0) is 14.3. The molecule has 2 aliphatic carbocycles. The van der Waals surface area contributed by atoms with Crippen molar-refractivity contribution < 1.29 is 14.7 Å². The molecule has 106 valence electrons. The van der Waals surface area contributed by atoms with E-state index in [1.807, 2.05) is 24.3 Å². The first-order chi connectivity index (χ1) is 9.56. The average Bonchev–Trinajstić information content (AvgIpc) is 3.01. The molecule has 0 aliphatic heterocycles. The number of aliphatic carboxylic acids is 1. The highest BCUT2D eigenvalue weighted by Crippen LogP contribution is 2.52. The first-order valence-corrected chi connectivity index (χ1v) is 7.65. The SMILES string of the molecule is O=C(Nc1ccc(Br)cc1)[C@@H]1[C@H]2CC[C@@H](C2)[C@@H]1C(=O)O. The van der Waals surface area contributed by atoms with Crippen LogP contribution in [0.4, 0.5) is 5.69 Å². The van der Waals surface area contributed by atoms with Crippen LogP contribution in [0.2, 0.25) is 0 Å². The lowest BCUT2D eigenvalue weighted by atomic mass is 9.78. The molecule has 0 unspecified atom stereocenters. The zero-order valence-electron chi connectivity index (χ0n) is 10.9. The Kier molecular flexibility index (Phi) is 3.54. The summed E-state index contributed by atoms with van der Waals surface area (Å²) in [5, 5.41) is 12.2. The monoisotopic (exact) mass is 337 g/mol. The van der Waals surface area contributed by atoms with E-state index in [1.165, 1.54) is 0 Å².